The molecule has 0 bridgehead atoms. The fourth-order valence-electron chi connectivity index (χ4n) is 3.99. The predicted molar refractivity (Wildman–Crippen MR) is 113 cm³/mol. The van der Waals surface area contributed by atoms with E-state index in [4.69, 9.17) is 4.74 Å². The summed E-state index contributed by atoms with van der Waals surface area (Å²) in [6.45, 7) is 0. The highest BCUT2D eigenvalue weighted by Gasteiger charge is 2.40. The average molecular weight is 380 g/mol. The number of para-hydroxylation sites is 1. The van der Waals surface area contributed by atoms with Crippen molar-refractivity contribution in [2.45, 2.75) is 5.41 Å². The fourth-order valence-corrected chi connectivity index (χ4v) is 3.99. The summed E-state index contributed by atoms with van der Waals surface area (Å²) in [5.74, 6) is 0.316. The van der Waals surface area contributed by atoms with Gasteiger partial charge in [-0.1, -0.05) is 109 Å². The maximum absolute atomic E-state index is 11.4. The summed E-state index contributed by atoms with van der Waals surface area (Å²) in [6.07, 6.45) is -1.33. The van der Waals surface area contributed by atoms with Gasteiger partial charge in [0.15, 0.2) is 0 Å². The SMILES string of the molecule is O=C(O)Oc1ccccc1C(c1ccccc1)(c1ccccc1)c1ccccc1. The summed E-state index contributed by atoms with van der Waals surface area (Å²) in [4.78, 5) is 11.4. The molecular weight excluding hydrogens is 360 g/mol. The minimum atomic E-state index is -1.33. The molecule has 29 heavy (non-hydrogen) atoms. The van der Waals surface area contributed by atoms with Crippen molar-refractivity contribution >= 4 is 6.16 Å². The van der Waals surface area contributed by atoms with Gasteiger partial charge in [0.25, 0.3) is 0 Å². The second-order valence-electron chi connectivity index (χ2n) is 6.71. The minimum Gasteiger partial charge on any atom is -0.449 e. The molecular formula is C26H20O3. The molecule has 0 aliphatic rings. The van der Waals surface area contributed by atoms with Crippen LogP contribution in [-0.4, -0.2) is 11.3 Å². The highest BCUT2D eigenvalue weighted by Crippen LogP contribution is 2.48. The zero-order valence-electron chi connectivity index (χ0n) is 15.7. The van der Waals surface area contributed by atoms with Crippen LogP contribution >= 0.6 is 0 Å². The van der Waals surface area contributed by atoms with Gasteiger partial charge in [-0.3, -0.25) is 0 Å². The van der Waals surface area contributed by atoms with Crippen LogP contribution in [-0.2, 0) is 5.41 Å². The van der Waals surface area contributed by atoms with Gasteiger partial charge in [-0.25, -0.2) is 4.79 Å². The van der Waals surface area contributed by atoms with Crippen molar-refractivity contribution in [1.29, 1.82) is 0 Å². The van der Waals surface area contributed by atoms with Crippen molar-refractivity contribution in [3.63, 3.8) is 0 Å². The molecule has 3 nitrogen and oxygen atoms in total. The monoisotopic (exact) mass is 380 g/mol. The number of hydrogen-bond donors (Lipinski definition) is 1. The van der Waals surface area contributed by atoms with Crippen LogP contribution in [0.2, 0.25) is 0 Å². The van der Waals surface area contributed by atoms with Crippen LogP contribution in [0.1, 0.15) is 22.3 Å². The molecule has 142 valence electrons. The molecule has 0 fully saturated rings. The third-order valence-corrected chi connectivity index (χ3v) is 5.11. The molecule has 0 aromatic heterocycles. The Bertz CT molecular complexity index is 994. The summed E-state index contributed by atoms with van der Waals surface area (Å²) < 4.78 is 5.23. The van der Waals surface area contributed by atoms with Crippen molar-refractivity contribution in [1.82, 2.24) is 0 Å². The minimum absolute atomic E-state index is 0.316. The Hall–Kier alpha value is -3.85. The Labute approximate surface area is 169 Å². The lowest BCUT2D eigenvalue weighted by Gasteiger charge is -2.37. The largest absolute Gasteiger partial charge is 0.511 e. The van der Waals surface area contributed by atoms with E-state index in [1.807, 2.05) is 66.7 Å². The number of benzene rings is 4. The van der Waals surface area contributed by atoms with Crippen LogP contribution in [0.15, 0.2) is 115 Å². The van der Waals surface area contributed by atoms with Crippen LogP contribution in [0, 0.1) is 0 Å². The van der Waals surface area contributed by atoms with E-state index in [1.54, 1.807) is 12.1 Å². The van der Waals surface area contributed by atoms with E-state index in [0.717, 1.165) is 22.3 Å². The van der Waals surface area contributed by atoms with Crippen LogP contribution in [0.5, 0.6) is 5.75 Å². The lowest BCUT2D eigenvalue weighted by Crippen LogP contribution is -2.31. The summed E-state index contributed by atoms with van der Waals surface area (Å²) in [5.41, 5.74) is 3.11. The van der Waals surface area contributed by atoms with E-state index in [1.165, 1.54) is 0 Å². The molecule has 0 saturated heterocycles. The highest BCUT2D eigenvalue weighted by atomic mass is 16.7. The number of hydrogen-bond acceptors (Lipinski definition) is 2. The standard InChI is InChI=1S/C26H20O3/c27-25(28)29-24-19-11-10-18-23(24)26(20-12-4-1-5-13-20,21-14-6-2-7-15-21)22-16-8-3-9-17-22/h1-19H,(H,27,28). The van der Waals surface area contributed by atoms with Gasteiger partial charge in [0, 0.05) is 5.56 Å². The normalized spacial score (nSPS) is 11.0. The van der Waals surface area contributed by atoms with Crippen molar-refractivity contribution in [2.24, 2.45) is 0 Å². The fraction of sp³-hybridized carbons (Fsp3) is 0.0385. The molecule has 1 N–H and O–H groups in total. The molecule has 4 rings (SSSR count). The smallest absolute Gasteiger partial charge is 0.449 e. The maximum atomic E-state index is 11.4. The van der Waals surface area contributed by atoms with Crippen molar-refractivity contribution in [3.8, 4) is 5.75 Å². The number of rotatable bonds is 5. The van der Waals surface area contributed by atoms with Crippen molar-refractivity contribution in [2.75, 3.05) is 0 Å². The first-order valence-electron chi connectivity index (χ1n) is 9.40. The van der Waals surface area contributed by atoms with Gasteiger partial charge in [0.1, 0.15) is 5.75 Å². The first-order valence-corrected chi connectivity index (χ1v) is 9.40. The van der Waals surface area contributed by atoms with Crippen LogP contribution < -0.4 is 4.74 Å². The summed E-state index contributed by atoms with van der Waals surface area (Å²) in [6, 6.07) is 37.6. The van der Waals surface area contributed by atoms with E-state index >= 15 is 0 Å². The van der Waals surface area contributed by atoms with Crippen LogP contribution in [0.25, 0.3) is 0 Å². The second-order valence-corrected chi connectivity index (χ2v) is 6.71. The lowest BCUT2D eigenvalue weighted by atomic mass is 9.65. The maximum Gasteiger partial charge on any atom is 0.511 e. The van der Waals surface area contributed by atoms with Gasteiger partial charge in [-0.2, -0.15) is 0 Å². The van der Waals surface area contributed by atoms with Crippen LogP contribution in [0.4, 0.5) is 4.79 Å². The number of carbonyl (C=O) groups is 1. The van der Waals surface area contributed by atoms with E-state index in [2.05, 4.69) is 36.4 Å². The summed E-state index contributed by atoms with van der Waals surface area (Å²) >= 11 is 0. The Kier molecular flexibility index (Phi) is 5.12. The van der Waals surface area contributed by atoms with Gasteiger partial charge in [0.05, 0.1) is 5.41 Å². The third kappa shape index (κ3) is 3.39. The van der Waals surface area contributed by atoms with Gasteiger partial charge < -0.3 is 9.84 Å². The average Bonchev–Trinajstić information content (AvgIpc) is 2.77. The molecule has 0 aliphatic heterocycles. The first-order chi connectivity index (χ1) is 14.2. The molecule has 0 spiro atoms. The second kappa shape index (κ2) is 8.03. The van der Waals surface area contributed by atoms with E-state index < -0.39 is 11.6 Å². The van der Waals surface area contributed by atoms with Crippen molar-refractivity contribution < 1.29 is 14.6 Å². The quantitative estimate of drug-likeness (QED) is 0.257. The molecule has 0 aliphatic carbocycles. The lowest BCUT2D eigenvalue weighted by molar-refractivity contribution is 0.144. The Morgan fingerprint density at radius 2 is 0.966 bits per heavy atom. The molecule has 3 heteroatoms. The van der Waals surface area contributed by atoms with Crippen molar-refractivity contribution in [3.05, 3.63) is 138 Å². The predicted octanol–water partition coefficient (Wildman–Crippen LogP) is 6.13. The van der Waals surface area contributed by atoms with Crippen LogP contribution in [0.3, 0.4) is 0 Å². The van der Waals surface area contributed by atoms with Gasteiger partial charge in [-0.05, 0) is 22.8 Å². The molecule has 0 heterocycles. The molecule has 0 atom stereocenters. The van der Waals surface area contributed by atoms with Gasteiger partial charge >= 0.3 is 6.16 Å². The zero-order valence-corrected chi connectivity index (χ0v) is 15.7. The number of carboxylic acid groups (broad SMARTS) is 1. The molecule has 0 unspecified atom stereocenters. The Morgan fingerprint density at radius 3 is 1.38 bits per heavy atom. The van der Waals surface area contributed by atoms with Gasteiger partial charge in [-0.15, -0.1) is 0 Å². The van der Waals surface area contributed by atoms with E-state index in [-0.39, 0.29) is 0 Å². The molecule has 4 aromatic carbocycles. The molecule has 0 radical (unpaired) electrons. The summed E-state index contributed by atoms with van der Waals surface area (Å²) in [7, 11) is 0. The van der Waals surface area contributed by atoms with E-state index in [0.29, 0.717) is 5.75 Å². The van der Waals surface area contributed by atoms with E-state index in [9.17, 15) is 9.90 Å². The third-order valence-electron chi connectivity index (χ3n) is 5.11. The van der Waals surface area contributed by atoms with Gasteiger partial charge in [0.2, 0.25) is 0 Å². The molecule has 0 amide bonds. The first kappa shape index (κ1) is 18.5. The highest BCUT2D eigenvalue weighted by molar-refractivity contribution is 5.67. The summed E-state index contributed by atoms with van der Waals surface area (Å²) in [5, 5.41) is 9.35. The number of ether oxygens (including phenoxy) is 1. The topological polar surface area (TPSA) is 46.5 Å². The molecule has 0 saturated carbocycles. The Morgan fingerprint density at radius 1 is 0.586 bits per heavy atom. The molecule has 4 aromatic rings. The zero-order chi connectivity index (χ0) is 20.1. The Balaban J connectivity index is 2.14.